The van der Waals surface area contributed by atoms with Gasteiger partial charge in [0.1, 0.15) is 11.5 Å². The molecular weight excluding hydrogens is 548 g/mol. The lowest BCUT2D eigenvalue weighted by molar-refractivity contribution is 0.584. The molecule has 0 atom stereocenters. The number of aromatic amines is 1. The third-order valence-electron chi connectivity index (χ3n) is 6.33. The van der Waals surface area contributed by atoms with Gasteiger partial charge in [0.15, 0.2) is 5.15 Å². The first-order valence-corrected chi connectivity index (χ1v) is 14.6. The van der Waals surface area contributed by atoms with Gasteiger partial charge in [0.05, 0.1) is 11.1 Å². The van der Waals surface area contributed by atoms with Gasteiger partial charge in [-0.25, -0.2) is 9.82 Å². The van der Waals surface area contributed by atoms with Gasteiger partial charge in [-0.15, -0.1) is 10.2 Å². The summed E-state index contributed by atoms with van der Waals surface area (Å²) in [5, 5.41) is 18.7. The number of sulfonamides is 1. The van der Waals surface area contributed by atoms with Crippen LogP contribution in [0.3, 0.4) is 0 Å². The maximum atomic E-state index is 12.6. The Bertz CT molecular complexity index is 1700. The first kappa shape index (κ1) is 27.2. The van der Waals surface area contributed by atoms with E-state index >= 15 is 0 Å². The highest BCUT2D eigenvalue weighted by atomic mass is 35.5. The quantitative estimate of drug-likeness (QED) is 0.167. The standard InChI is InChI=1S/C28H27ClN8O2S/c1-2-3-13-26-31-27(29)25(18-30-36-40(38,39)22-9-5-4-6-10-22)37(26)19-20-14-16-21(17-15-20)23-11-7-8-12-24(23)28-32-34-35-33-28/h4-12,14-18,36H,2-3,13,19H2,1H3,(H,32,33,34,35)/b30-18+. The molecule has 0 aliphatic carbocycles. The predicted molar refractivity (Wildman–Crippen MR) is 154 cm³/mol. The minimum Gasteiger partial charge on any atom is -0.321 e. The molecule has 204 valence electrons. The maximum absolute atomic E-state index is 12.6. The summed E-state index contributed by atoms with van der Waals surface area (Å²) >= 11 is 6.51. The van der Waals surface area contributed by atoms with Crippen LogP contribution in [0.5, 0.6) is 0 Å². The van der Waals surface area contributed by atoms with E-state index in [9.17, 15) is 8.42 Å². The SMILES string of the molecule is CCCCc1nc(Cl)c(/C=N/NS(=O)(=O)c2ccccc2)n1Cc1ccc(-c2ccccc2-c2nn[nH]n2)cc1. The highest BCUT2D eigenvalue weighted by Crippen LogP contribution is 2.30. The molecule has 5 rings (SSSR count). The largest absolute Gasteiger partial charge is 0.321 e. The molecule has 0 saturated carbocycles. The summed E-state index contributed by atoms with van der Waals surface area (Å²) in [4.78, 5) is 6.94. The van der Waals surface area contributed by atoms with Crippen LogP contribution in [0.4, 0.5) is 0 Å². The summed E-state index contributed by atoms with van der Waals surface area (Å²) in [6.45, 7) is 2.60. The topological polar surface area (TPSA) is 131 Å². The lowest BCUT2D eigenvalue weighted by Gasteiger charge is -2.12. The molecule has 0 saturated heterocycles. The fourth-order valence-corrected chi connectivity index (χ4v) is 5.35. The molecule has 0 aliphatic rings. The van der Waals surface area contributed by atoms with Crippen LogP contribution >= 0.6 is 11.6 Å². The van der Waals surface area contributed by atoms with Gasteiger partial charge < -0.3 is 4.57 Å². The smallest absolute Gasteiger partial charge is 0.276 e. The Labute approximate surface area is 237 Å². The zero-order chi connectivity index (χ0) is 28.0. The molecule has 0 unspecified atom stereocenters. The van der Waals surface area contributed by atoms with E-state index in [0.717, 1.165) is 47.3 Å². The number of imidazole rings is 1. The first-order chi connectivity index (χ1) is 19.5. The fraction of sp³-hybridized carbons (Fsp3) is 0.179. The summed E-state index contributed by atoms with van der Waals surface area (Å²) in [5.41, 5.74) is 4.42. The molecule has 0 amide bonds. The normalized spacial score (nSPS) is 11.8. The second-order valence-electron chi connectivity index (χ2n) is 9.04. The van der Waals surface area contributed by atoms with Crippen molar-refractivity contribution in [1.82, 2.24) is 35.0 Å². The molecule has 2 heterocycles. The number of benzene rings is 3. The van der Waals surface area contributed by atoms with Crippen molar-refractivity contribution in [2.75, 3.05) is 0 Å². The fourth-order valence-electron chi connectivity index (χ4n) is 4.29. The number of tetrazole rings is 1. The minimum atomic E-state index is -3.81. The molecule has 0 fully saturated rings. The Hall–Kier alpha value is -4.35. The van der Waals surface area contributed by atoms with Gasteiger partial charge in [-0.3, -0.25) is 0 Å². The van der Waals surface area contributed by atoms with E-state index in [1.54, 1.807) is 18.2 Å². The Morgan fingerprint density at radius 2 is 1.73 bits per heavy atom. The lowest BCUT2D eigenvalue weighted by atomic mass is 9.98. The number of rotatable bonds is 11. The summed E-state index contributed by atoms with van der Waals surface area (Å²) in [6, 6.07) is 24.1. The summed E-state index contributed by atoms with van der Waals surface area (Å²) < 4.78 is 27.1. The molecule has 2 N–H and O–H groups in total. The molecular formula is C28H27ClN8O2S. The van der Waals surface area contributed by atoms with Crippen molar-refractivity contribution in [2.45, 2.75) is 37.6 Å². The molecule has 10 nitrogen and oxygen atoms in total. The van der Waals surface area contributed by atoms with Crippen LogP contribution in [0.25, 0.3) is 22.5 Å². The molecule has 0 radical (unpaired) electrons. The zero-order valence-corrected chi connectivity index (χ0v) is 23.3. The van der Waals surface area contributed by atoms with Crippen LogP contribution in [-0.4, -0.2) is 44.8 Å². The number of hydrogen-bond donors (Lipinski definition) is 2. The molecule has 3 aromatic carbocycles. The average molecular weight is 575 g/mol. The number of halogens is 1. The molecule has 5 aromatic rings. The number of nitrogens with one attached hydrogen (secondary N) is 2. The number of unbranched alkanes of at least 4 members (excludes halogenated alkanes) is 1. The number of aryl methyl sites for hydroxylation is 1. The molecule has 12 heteroatoms. The van der Waals surface area contributed by atoms with Crippen LogP contribution in [-0.2, 0) is 23.0 Å². The average Bonchev–Trinajstić information content (AvgIpc) is 3.62. The van der Waals surface area contributed by atoms with Crippen molar-refractivity contribution in [1.29, 1.82) is 0 Å². The number of H-pyrrole nitrogens is 1. The van der Waals surface area contributed by atoms with Crippen LogP contribution < -0.4 is 4.83 Å². The van der Waals surface area contributed by atoms with Crippen LogP contribution in [0.2, 0.25) is 5.15 Å². The van der Waals surface area contributed by atoms with Crippen LogP contribution in [0.15, 0.2) is 88.9 Å². The van der Waals surface area contributed by atoms with Crippen LogP contribution in [0, 0.1) is 0 Å². The highest BCUT2D eigenvalue weighted by Gasteiger charge is 2.17. The molecule has 0 spiro atoms. The van der Waals surface area contributed by atoms with Gasteiger partial charge in [-0.1, -0.05) is 91.7 Å². The van der Waals surface area contributed by atoms with Gasteiger partial charge in [0, 0.05) is 18.5 Å². The van der Waals surface area contributed by atoms with E-state index in [1.807, 2.05) is 53.1 Å². The van der Waals surface area contributed by atoms with Crippen molar-refractivity contribution in [3.63, 3.8) is 0 Å². The van der Waals surface area contributed by atoms with Gasteiger partial charge in [0.25, 0.3) is 10.0 Å². The zero-order valence-electron chi connectivity index (χ0n) is 21.7. The van der Waals surface area contributed by atoms with Crippen molar-refractivity contribution in [2.24, 2.45) is 5.10 Å². The van der Waals surface area contributed by atoms with E-state index in [-0.39, 0.29) is 10.0 Å². The molecule has 0 aliphatic heterocycles. The monoisotopic (exact) mass is 574 g/mol. The lowest BCUT2D eigenvalue weighted by Crippen LogP contribution is -2.18. The van der Waals surface area contributed by atoms with E-state index in [2.05, 4.69) is 42.5 Å². The number of hydrazone groups is 1. The number of hydrogen-bond acceptors (Lipinski definition) is 7. The van der Waals surface area contributed by atoms with Gasteiger partial charge in [-0.05, 0) is 40.5 Å². The van der Waals surface area contributed by atoms with E-state index in [1.165, 1.54) is 18.3 Å². The Morgan fingerprint density at radius 3 is 2.42 bits per heavy atom. The van der Waals surface area contributed by atoms with Crippen molar-refractivity contribution < 1.29 is 8.42 Å². The van der Waals surface area contributed by atoms with Gasteiger partial charge >= 0.3 is 0 Å². The minimum absolute atomic E-state index is 0.122. The summed E-state index contributed by atoms with van der Waals surface area (Å²) in [5.74, 6) is 1.34. The highest BCUT2D eigenvalue weighted by molar-refractivity contribution is 7.89. The molecule has 0 bridgehead atoms. The summed E-state index contributed by atoms with van der Waals surface area (Å²) in [7, 11) is -3.81. The van der Waals surface area contributed by atoms with Crippen molar-refractivity contribution in [3.05, 3.63) is 101 Å². The van der Waals surface area contributed by atoms with E-state index in [4.69, 9.17) is 11.6 Å². The predicted octanol–water partition coefficient (Wildman–Crippen LogP) is 5.09. The number of nitrogens with zero attached hydrogens (tertiary/aromatic N) is 6. The molecule has 2 aromatic heterocycles. The van der Waals surface area contributed by atoms with Crippen molar-refractivity contribution >= 4 is 27.8 Å². The van der Waals surface area contributed by atoms with E-state index < -0.39 is 10.0 Å². The third kappa shape index (κ3) is 6.11. The van der Waals surface area contributed by atoms with Crippen molar-refractivity contribution in [3.8, 4) is 22.5 Å². The second-order valence-corrected chi connectivity index (χ2v) is 11.1. The third-order valence-corrected chi connectivity index (χ3v) is 7.84. The van der Waals surface area contributed by atoms with E-state index in [0.29, 0.717) is 18.1 Å². The summed E-state index contributed by atoms with van der Waals surface area (Å²) in [6.07, 6.45) is 4.08. The number of aromatic nitrogens is 6. The Morgan fingerprint density at radius 1 is 1.00 bits per heavy atom. The maximum Gasteiger partial charge on any atom is 0.276 e. The van der Waals surface area contributed by atoms with Gasteiger partial charge in [-0.2, -0.15) is 18.7 Å². The molecule has 40 heavy (non-hydrogen) atoms. The second kappa shape index (κ2) is 12.2. The van der Waals surface area contributed by atoms with Gasteiger partial charge in [0.2, 0.25) is 5.82 Å². The first-order valence-electron chi connectivity index (χ1n) is 12.7. The van der Waals surface area contributed by atoms with Crippen LogP contribution in [0.1, 0.15) is 36.8 Å². The Kier molecular flexibility index (Phi) is 8.32. The Balaban J connectivity index is 1.41.